The molecule has 0 amide bonds. The van der Waals surface area contributed by atoms with Crippen LogP contribution in [0.1, 0.15) is 68.0 Å². The Labute approximate surface area is 127 Å². The second-order valence-corrected chi connectivity index (χ2v) is 7.10. The normalized spacial score (nSPS) is 14.8. The van der Waals surface area contributed by atoms with Crippen molar-refractivity contribution in [2.24, 2.45) is 0 Å². The first-order chi connectivity index (χ1) is 9.88. The summed E-state index contributed by atoms with van der Waals surface area (Å²) in [7, 11) is 0. The van der Waals surface area contributed by atoms with E-state index in [0.717, 1.165) is 25.8 Å². The lowest BCUT2D eigenvalue weighted by molar-refractivity contribution is 0.119. The zero-order valence-electron chi connectivity index (χ0n) is 12.8. The van der Waals surface area contributed by atoms with Gasteiger partial charge in [0.25, 0.3) is 0 Å². The van der Waals surface area contributed by atoms with Crippen molar-refractivity contribution in [1.29, 1.82) is 0 Å². The number of hydrogen-bond donors (Lipinski definition) is 1. The van der Waals surface area contributed by atoms with Crippen molar-refractivity contribution in [3.8, 4) is 0 Å². The molecule has 1 heterocycles. The van der Waals surface area contributed by atoms with Crippen LogP contribution in [-0.2, 0) is 17.9 Å². The molecule has 1 aromatic heterocycles. The van der Waals surface area contributed by atoms with E-state index in [1.807, 2.05) is 11.3 Å². The minimum atomic E-state index is 0.795. The SMILES string of the molecule is CCCCCCCCOCc1ccc(CNC2CC2)s1. The van der Waals surface area contributed by atoms with Crippen LogP contribution in [-0.4, -0.2) is 12.6 Å². The van der Waals surface area contributed by atoms with E-state index in [2.05, 4.69) is 24.4 Å². The molecule has 0 saturated heterocycles. The highest BCUT2D eigenvalue weighted by Crippen LogP contribution is 2.22. The van der Waals surface area contributed by atoms with Crippen LogP contribution in [0, 0.1) is 0 Å². The monoisotopic (exact) mass is 295 g/mol. The van der Waals surface area contributed by atoms with Crippen molar-refractivity contribution in [2.45, 2.75) is 77.5 Å². The summed E-state index contributed by atoms with van der Waals surface area (Å²) >= 11 is 1.89. The lowest BCUT2D eigenvalue weighted by Crippen LogP contribution is -2.14. The maximum absolute atomic E-state index is 5.77. The van der Waals surface area contributed by atoms with Crippen molar-refractivity contribution in [1.82, 2.24) is 5.32 Å². The number of rotatable bonds is 12. The fraction of sp³-hybridized carbons (Fsp3) is 0.765. The summed E-state index contributed by atoms with van der Waals surface area (Å²) in [4.78, 5) is 2.80. The van der Waals surface area contributed by atoms with Gasteiger partial charge >= 0.3 is 0 Å². The summed E-state index contributed by atoms with van der Waals surface area (Å²) in [6.45, 7) is 5.01. The summed E-state index contributed by atoms with van der Waals surface area (Å²) in [6, 6.07) is 5.25. The van der Waals surface area contributed by atoms with E-state index in [1.165, 1.54) is 61.1 Å². The molecule has 2 nitrogen and oxygen atoms in total. The molecule has 3 heteroatoms. The van der Waals surface area contributed by atoms with Gasteiger partial charge < -0.3 is 10.1 Å². The van der Waals surface area contributed by atoms with E-state index < -0.39 is 0 Å². The Morgan fingerprint density at radius 2 is 1.85 bits per heavy atom. The molecule has 1 aliphatic carbocycles. The molecule has 0 unspecified atom stereocenters. The first kappa shape index (κ1) is 16.0. The van der Waals surface area contributed by atoms with Gasteiger partial charge in [0.2, 0.25) is 0 Å². The predicted octanol–water partition coefficient (Wildman–Crippen LogP) is 4.88. The molecular weight excluding hydrogens is 266 g/mol. The van der Waals surface area contributed by atoms with Gasteiger partial charge in [-0.3, -0.25) is 0 Å². The summed E-state index contributed by atoms with van der Waals surface area (Å²) < 4.78 is 5.77. The lowest BCUT2D eigenvalue weighted by Gasteiger charge is -2.03. The van der Waals surface area contributed by atoms with Crippen molar-refractivity contribution < 1.29 is 4.74 Å². The Kier molecular flexibility index (Phi) is 7.63. The molecule has 1 aliphatic rings. The van der Waals surface area contributed by atoms with Crippen LogP contribution in [0.25, 0.3) is 0 Å². The number of unbranched alkanes of at least 4 members (excludes halogenated alkanes) is 5. The van der Waals surface area contributed by atoms with E-state index in [0.29, 0.717) is 0 Å². The maximum Gasteiger partial charge on any atom is 0.0809 e. The number of nitrogens with one attached hydrogen (secondary N) is 1. The fourth-order valence-corrected chi connectivity index (χ4v) is 3.19. The molecule has 0 aromatic carbocycles. The second kappa shape index (κ2) is 9.54. The van der Waals surface area contributed by atoms with Crippen LogP contribution in [0.4, 0.5) is 0 Å². The van der Waals surface area contributed by atoms with Crippen molar-refractivity contribution >= 4 is 11.3 Å². The molecular formula is C17H29NOS. The number of thiophene rings is 1. The highest BCUT2D eigenvalue weighted by Gasteiger charge is 2.20. The quantitative estimate of drug-likeness (QED) is 0.555. The largest absolute Gasteiger partial charge is 0.376 e. The Balaban J connectivity index is 1.46. The van der Waals surface area contributed by atoms with Crippen molar-refractivity contribution in [3.05, 3.63) is 21.9 Å². The zero-order chi connectivity index (χ0) is 14.0. The Bertz CT molecular complexity index is 360. The second-order valence-electron chi connectivity index (χ2n) is 5.84. The fourth-order valence-electron chi connectivity index (χ4n) is 2.28. The highest BCUT2D eigenvalue weighted by atomic mass is 32.1. The molecule has 0 spiro atoms. The summed E-state index contributed by atoms with van der Waals surface area (Å²) in [5, 5.41) is 3.56. The third-order valence-electron chi connectivity index (χ3n) is 3.75. The topological polar surface area (TPSA) is 21.3 Å². The van der Waals surface area contributed by atoms with Crippen LogP contribution in [0.15, 0.2) is 12.1 Å². The number of hydrogen-bond acceptors (Lipinski definition) is 3. The lowest BCUT2D eigenvalue weighted by atomic mass is 10.1. The van der Waals surface area contributed by atoms with Gasteiger partial charge in [-0.1, -0.05) is 39.0 Å². The standard InChI is InChI=1S/C17H29NOS/c1-2-3-4-5-6-7-12-19-14-17-11-10-16(20-17)13-18-15-8-9-15/h10-11,15,18H,2-9,12-14H2,1H3. The molecule has 1 saturated carbocycles. The van der Waals surface area contributed by atoms with Gasteiger partial charge in [-0.05, 0) is 31.4 Å². The average molecular weight is 295 g/mol. The van der Waals surface area contributed by atoms with E-state index >= 15 is 0 Å². The molecule has 0 aliphatic heterocycles. The van der Waals surface area contributed by atoms with E-state index in [1.54, 1.807) is 0 Å². The third-order valence-corrected chi connectivity index (χ3v) is 4.80. The molecule has 0 radical (unpaired) electrons. The molecule has 1 aromatic rings. The summed E-state index contributed by atoms with van der Waals surface area (Å²) in [5.41, 5.74) is 0. The smallest absolute Gasteiger partial charge is 0.0809 e. The van der Waals surface area contributed by atoms with Gasteiger partial charge in [-0.2, -0.15) is 0 Å². The zero-order valence-corrected chi connectivity index (χ0v) is 13.6. The Hall–Kier alpha value is -0.380. The van der Waals surface area contributed by atoms with Crippen molar-refractivity contribution in [3.63, 3.8) is 0 Å². The third kappa shape index (κ3) is 6.87. The molecule has 0 atom stereocenters. The maximum atomic E-state index is 5.77. The average Bonchev–Trinajstić information content (AvgIpc) is 3.18. The van der Waals surface area contributed by atoms with Gasteiger partial charge in [0.1, 0.15) is 0 Å². The first-order valence-electron chi connectivity index (χ1n) is 8.27. The minimum absolute atomic E-state index is 0.795. The first-order valence-corrected chi connectivity index (χ1v) is 9.09. The van der Waals surface area contributed by atoms with Crippen LogP contribution < -0.4 is 5.32 Å². The summed E-state index contributed by atoms with van der Waals surface area (Å²) in [5.74, 6) is 0. The Morgan fingerprint density at radius 3 is 2.65 bits per heavy atom. The number of ether oxygens (including phenoxy) is 1. The van der Waals surface area contributed by atoms with E-state index in [9.17, 15) is 0 Å². The molecule has 2 rings (SSSR count). The van der Waals surface area contributed by atoms with Crippen LogP contribution in [0.5, 0.6) is 0 Å². The molecule has 1 N–H and O–H groups in total. The Morgan fingerprint density at radius 1 is 1.10 bits per heavy atom. The molecule has 1 fully saturated rings. The van der Waals surface area contributed by atoms with E-state index in [-0.39, 0.29) is 0 Å². The molecule has 20 heavy (non-hydrogen) atoms. The van der Waals surface area contributed by atoms with Gasteiger partial charge in [0.05, 0.1) is 6.61 Å². The predicted molar refractivity (Wildman–Crippen MR) is 87.2 cm³/mol. The highest BCUT2D eigenvalue weighted by molar-refractivity contribution is 7.11. The van der Waals surface area contributed by atoms with Crippen molar-refractivity contribution in [2.75, 3.05) is 6.61 Å². The van der Waals surface area contributed by atoms with Gasteiger partial charge in [0.15, 0.2) is 0 Å². The molecule has 0 bridgehead atoms. The van der Waals surface area contributed by atoms with Gasteiger partial charge in [-0.15, -0.1) is 11.3 Å². The minimum Gasteiger partial charge on any atom is -0.376 e. The van der Waals surface area contributed by atoms with Crippen LogP contribution in [0.2, 0.25) is 0 Å². The molecule has 114 valence electrons. The van der Waals surface area contributed by atoms with Crippen LogP contribution in [0.3, 0.4) is 0 Å². The summed E-state index contributed by atoms with van der Waals surface area (Å²) in [6.07, 6.45) is 10.7. The van der Waals surface area contributed by atoms with Crippen LogP contribution >= 0.6 is 11.3 Å². The van der Waals surface area contributed by atoms with Gasteiger partial charge in [-0.25, -0.2) is 0 Å². The van der Waals surface area contributed by atoms with E-state index in [4.69, 9.17) is 4.74 Å². The van der Waals surface area contributed by atoms with Gasteiger partial charge in [0, 0.05) is 28.9 Å².